The number of aliphatic carboxylic acids is 1. The maximum absolute atomic E-state index is 12.1. The summed E-state index contributed by atoms with van der Waals surface area (Å²) in [6, 6.07) is 5.53. The van der Waals surface area contributed by atoms with Crippen molar-refractivity contribution in [3.63, 3.8) is 0 Å². The Kier molecular flexibility index (Phi) is 5.49. The van der Waals surface area contributed by atoms with Gasteiger partial charge in [-0.3, -0.25) is 9.59 Å². The summed E-state index contributed by atoms with van der Waals surface area (Å²) in [7, 11) is -0.701. The summed E-state index contributed by atoms with van der Waals surface area (Å²) in [5, 5.41) is 18.6. The molecule has 0 radical (unpaired) electrons. The lowest BCUT2D eigenvalue weighted by molar-refractivity contribution is -0.137. The predicted molar refractivity (Wildman–Crippen MR) is 86.1 cm³/mol. The van der Waals surface area contributed by atoms with Crippen LogP contribution in [0.4, 0.5) is 0 Å². The number of carbonyl (C=O) groups is 2. The van der Waals surface area contributed by atoms with E-state index in [4.69, 9.17) is 5.11 Å². The van der Waals surface area contributed by atoms with Gasteiger partial charge in [0, 0.05) is 19.7 Å². The fourth-order valence-electron chi connectivity index (χ4n) is 1.90. The van der Waals surface area contributed by atoms with Crippen molar-refractivity contribution in [2.45, 2.75) is 18.0 Å². The van der Waals surface area contributed by atoms with Gasteiger partial charge in [-0.25, -0.2) is 17.4 Å². The molecule has 25 heavy (non-hydrogen) atoms. The van der Waals surface area contributed by atoms with E-state index >= 15 is 0 Å². The second-order valence-electron chi connectivity index (χ2n) is 5.30. The fraction of sp³-hybridized carbons (Fsp3) is 0.286. The molecule has 1 aromatic heterocycles. The Bertz CT molecular complexity index is 873. The van der Waals surface area contributed by atoms with Crippen molar-refractivity contribution in [2.75, 3.05) is 14.1 Å². The number of amides is 1. The Labute approximate surface area is 144 Å². The highest BCUT2D eigenvalue weighted by molar-refractivity contribution is 7.89. The molecule has 0 atom stereocenters. The highest BCUT2D eigenvalue weighted by Gasteiger charge is 2.17. The number of hydrogen-bond acceptors (Lipinski definition) is 6. The molecule has 0 bridgehead atoms. The Morgan fingerprint density at radius 2 is 1.88 bits per heavy atom. The minimum Gasteiger partial charge on any atom is -0.480 e. The number of hydrogen-bond donors (Lipinski definition) is 2. The first-order valence-corrected chi connectivity index (χ1v) is 8.56. The summed E-state index contributed by atoms with van der Waals surface area (Å²) in [5.41, 5.74) is 0.692. The molecule has 2 aromatic rings. The van der Waals surface area contributed by atoms with Crippen molar-refractivity contribution in [3.05, 3.63) is 41.7 Å². The van der Waals surface area contributed by atoms with Gasteiger partial charge in [0.25, 0.3) is 5.91 Å². The average Bonchev–Trinajstić information content (AvgIpc) is 2.99. The third-order valence-corrected chi connectivity index (χ3v) is 5.04. The van der Waals surface area contributed by atoms with Gasteiger partial charge in [0.05, 0.1) is 17.6 Å². The van der Waals surface area contributed by atoms with Gasteiger partial charge in [-0.15, -0.1) is 5.10 Å². The van der Waals surface area contributed by atoms with Crippen LogP contribution >= 0.6 is 0 Å². The van der Waals surface area contributed by atoms with E-state index in [9.17, 15) is 18.0 Å². The largest absolute Gasteiger partial charge is 0.480 e. The van der Waals surface area contributed by atoms with Gasteiger partial charge in [0.15, 0.2) is 0 Å². The van der Waals surface area contributed by atoms with Crippen LogP contribution in [0, 0.1) is 0 Å². The first-order valence-electron chi connectivity index (χ1n) is 7.12. The van der Waals surface area contributed by atoms with Crippen molar-refractivity contribution in [1.82, 2.24) is 24.6 Å². The number of nitrogens with one attached hydrogen (secondary N) is 1. The normalized spacial score (nSPS) is 11.5. The van der Waals surface area contributed by atoms with E-state index in [0.717, 1.165) is 8.99 Å². The van der Waals surface area contributed by atoms with E-state index in [1.54, 1.807) is 0 Å². The molecule has 0 aliphatic rings. The monoisotopic (exact) mass is 367 g/mol. The maximum Gasteiger partial charge on any atom is 0.325 e. The summed E-state index contributed by atoms with van der Waals surface area (Å²) in [6.07, 6.45) is 1.42. The Morgan fingerprint density at radius 1 is 1.24 bits per heavy atom. The van der Waals surface area contributed by atoms with Crippen LogP contribution in [0.2, 0.25) is 0 Å². The number of rotatable bonds is 7. The van der Waals surface area contributed by atoms with Crippen LogP contribution in [-0.4, -0.2) is 58.8 Å². The molecule has 2 N–H and O–H groups in total. The summed E-state index contributed by atoms with van der Waals surface area (Å²) in [5.74, 6) is -1.46. The van der Waals surface area contributed by atoms with Gasteiger partial charge in [-0.2, -0.15) is 0 Å². The highest BCUT2D eigenvalue weighted by atomic mass is 32.2. The number of sulfonamides is 1. The van der Waals surface area contributed by atoms with E-state index in [1.165, 1.54) is 44.6 Å². The van der Waals surface area contributed by atoms with Gasteiger partial charge in [0.2, 0.25) is 10.0 Å². The topological polar surface area (TPSA) is 134 Å². The van der Waals surface area contributed by atoms with Crippen LogP contribution in [0.25, 0.3) is 0 Å². The minimum absolute atomic E-state index is 0.0657. The van der Waals surface area contributed by atoms with Crippen LogP contribution < -0.4 is 5.32 Å². The van der Waals surface area contributed by atoms with E-state index in [2.05, 4.69) is 15.6 Å². The number of carboxylic acid groups (broad SMARTS) is 1. The highest BCUT2D eigenvalue weighted by Crippen LogP contribution is 2.14. The zero-order chi connectivity index (χ0) is 18.6. The molecule has 0 saturated carbocycles. The van der Waals surface area contributed by atoms with Crippen LogP contribution in [-0.2, 0) is 27.9 Å². The molecule has 0 saturated heterocycles. The number of aromatic nitrogens is 3. The molecule has 0 fully saturated rings. The number of carboxylic acids is 1. The average molecular weight is 367 g/mol. The molecule has 0 unspecified atom stereocenters. The molecular formula is C14H17N5O5S. The van der Waals surface area contributed by atoms with Crippen LogP contribution in [0.3, 0.4) is 0 Å². The fourth-order valence-corrected chi connectivity index (χ4v) is 2.80. The molecule has 10 nitrogen and oxygen atoms in total. The van der Waals surface area contributed by atoms with Crippen molar-refractivity contribution in [2.24, 2.45) is 0 Å². The quantitative estimate of drug-likeness (QED) is 0.676. The number of carbonyl (C=O) groups excluding carboxylic acids is 1. The van der Waals surface area contributed by atoms with Gasteiger partial charge >= 0.3 is 5.97 Å². The molecule has 2 rings (SSSR count). The van der Waals surface area contributed by atoms with Crippen molar-refractivity contribution in [3.8, 4) is 0 Å². The lowest BCUT2D eigenvalue weighted by Gasteiger charge is -2.11. The molecule has 1 aromatic carbocycles. The molecule has 0 aliphatic heterocycles. The molecule has 11 heteroatoms. The second kappa shape index (κ2) is 7.40. The van der Waals surface area contributed by atoms with Crippen LogP contribution in [0.15, 0.2) is 35.4 Å². The Morgan fingerprint density at radius 3 is 2.44 bits per heavy atom. The van der Waals surface area contributed by atoms with Crippen LogP contribution in [0.5, 0.6) is 0 Å². The van der Waals surface area contributed by atoms with Crippen LogP contribution in [0.1, 0.15) is 16.1 Å². The molecule has 0 spiro atoms. The smallest absolute Gasteiger partial charge is 0.325 e. The first-order chi connectivity index (χ1) is 11.7. The van der Waals surface area contributed by atoms with E-state index in [0.29, 0.717) is 5.69 Å². The molecular weight excluding hydrogens is 350 g/mol. The summed E-state index contributed by atoms with van der Waals surface area (Å²) >= 11 is 0. The summed E-state index contributed by atoms with van der Waals surface area (Å²) < 4.78 is 26.2. The van der Waals surface area contributed by atoms with Gasteiger partial charge in [0.1, 0.15) is 12.2 Å². The van der Waals surface area contributed by atoms with E-state index < -0.39 is 21.9 Å². The molecule has 0 aliphatic carbocycles. The molecule has 1 amide bonds. The minimum atomic E-state index is -3.55. The molecule has 134 valence electrons. The second-order valence-corrected chi connectivity index (χ2v) is 7.45. The van der Waals surface area contributed by atoms with Crippen molar-refractivity contribution < 1.29 is 23.1 Å². The zero-order valence-electron chi connectivity index (χ0n) is 13.6. The summed E-state index contributed by atoms with van der Waals surface area (Å²) in [4.78, 5) is 22.7. The van der Waals surface area contributed by atoms with Crippen molar-refractivity contribution in [1.29, 1.82) is 0 Å². The lowest BCUT2D eigenvalue weighted by Crippen LogP contribution is -2.24. The van der Waals surface area contributed by atoms with Gasteiger partial charge in [-0.05, 0) is 24.3 Å². The summed E-state index contributed by atoms with van der Waals surface area (Å²) in [6.45, 7) is -0.251. The zero-order valence-corrected chi connectivity index (χ0v) is 14.4. The predicted octanol–water partition coefficient (Wildman–Crippen LogP) is -0.457. The molecule has 1 heterocycles. The lowest BCUT2D eigenvalue weighted by atomic mass is 10.2. The third-order valence-electron chi connectivity index (χ3n) is 3.21. The number of benzene rings is 1. The Balaban J connectivity index is 1.99. The third kappa shape index (κ3) is 4.61. The van der Waals surface area contributed by atoms with Crippen molar-refractivity contribution >= 4 is 21.9 Å². The van der Waals surface area contributed by atoms with Gasteiger partial charge in [-0.1, -0.05) is 5.21 Å². The number of nitrogens with zero attached hydrogens (tertiary/aromatic N) is 4. The SMILES string of the molecule is CN(C)S(=O)(=O)c1ccc(C(=O)NCc2cn(CC(=O)O)nn2)cc1. The van der Waals surface area contributed by atoms with E-state index in [1.807, 2.05) is 0 Å². The standard InChI is InChI=1S/C14H17N5O5S/c1-18(2)25(23,24)12-5-3-10(4-6-12)14(22)15-7-11-8-19(17-16-11)9-13(20)21/h3-6,8H,7,9H2,1-2H3,(H,15,22)(H,20,21). The first kappa shape index (κ1) is 18.5. The Hall–Kier alpha value is -2.79. The maximum atomic E-state index is 12.1. The van der Waals surface area contributed by atoms with Gasteiger partial charge < -0.3 is 10.4 Å². The van der Waals surface area contributed by atoms with E-state index in [-0.39, 0.29) is 23.5 Å².